The number of benzene rings is 1. The van der Waals surface area contributed by atoms with Gasteiger partial charge in [0.05, 0.1) is 6.61 Å². The van der Waals surface area contributed by atoms with Gasteiger partial charge in [0.15, 0.2) is 0 Å². The van der Waals surface area contributed by atoms with E-state index < -0.39 is 6.36 Å². The number of aryl methyl sites for hydroxylation is 1. The maximum atomic E-state index is 12.0. The summed E-state index contributed by atoms with van der Waals surface area (Å²) in [7, 11) is 0. The quantitative estimate of drug-likeness (QED) is 0.832. The molecule has 19 heavy (non-hydrogen) atoms. The number of ether oxygens (including phenoxy) is 1. The maximum Gasteiger partial charge on any atom is 0.522 e. The molecule has 0 aromatic heterocycles. The highest BCUT2D eigenvalue weighted by molar-refractivity contribution is 5.48. The molecule has 3 nitrogen and oxygen atoms in total. The molecule has 1 rings (SSSR count). The Kier molecular flexibility index (Phi) is 6.11. The van der Waals surface area contributed by atoms with Crippen molar-refractivity contribution in [3.05, 3.63) is 29.8 Å². The zero-order valence-electron chi connectivity index (χ0n) is 10.9. The predicted molar refractivity (Wildman–Crippen MR) is 69.1 cm³/mol. The van der Waals surface area contributed by atoms with E-state index in [1.807, 2.05) is 36.1 Å². The van der Waals surface area contributed by atoms with Crippen LogP contribution in [-0.4, -0.2) is 32.6 Å². The van der Waals surface area contributed by atoms with Gasteiger partial charge in [-0.1, -0.05) is 12.1 Å². The van der Waals surface area contributed by atoms with Gasteiger partial charge in [-0.2, -0.15) is 0 Å². The number of hydrogen-bond donors (Lipinski definition) is 1. The van der Waals surface area contributed by atoms with Crippen LogP contribution in [0.15, 0.2) is 24.3 Å². The van der Waals surface area contributed by atoms with Crippen LogP contribution in [0.4, 0.5) is 18.9 Å². The summed E-state index contributed by atoms with van der Waals surface area (Å²) in [5, 5.41) is 0. The Labute approximate surface area is 111 Å². The number of nitrogens with zero attached hydrogens (tertiary/aromatic N) is 1. The summed E-state index contributed by atoms with van der Waals surface area (Å²) in [6, 6.07) is 7.63. The molecule has 0 aliphatic carbocycles. The van der Waals surface area contributed by atoms with E-state index in [0.29, 0.717) is 13.1 Å². The fourth-order valence-corrected chi connectivity index (χ4v) is 1.75. The van der Waals surface area contributed by atoms with Crippen LogP contribution in [-0.2, 0) is 4.74 Å². The van der Waals surface area contributed by atoms with Crippen LogP contribution < -0.4 is 10.6 Å². The zero-order valence-corrected chi connectivity index (χ0v) is 10.9. The zero-order chi connectivity index (χ0) is 14.3. The number of nitrogens with two attached hydrogens (primary N) is 1. The summed E-state index contributed by atoms with van der Waals surface area (Å²) in [5.41, 5.74) is 7.39. The van der Waals surface area contributed by atoms with Gasteiger partial charge in [-0.25, -0.2) is 0 Å². The van der Waals surface area contributed by atoms with E-state index in [1.54, 1.807) is 0 Å². The first kappa shape index (κ1) is 15.8. The molecule has 0 bridgehead atoms. The lowest BCUT2D eigenvalue weighted by atomic mass is 10.2. The van der Waals surface area contributed by atoms with Crippen molar-refractivity contribution in [1.29, 1.82) is 0 Å². The Hall–Kier alpha value is -1.27. The van der Waals surface area contributed by atoms with Crippen molar-refractivity contribution in [2.45, 2.75) is 19.7 Å². The average molecular weight is 276 g/mol. The van der Waals surface area contributed by atoms with Gasteiger partial charge in [-0.3, -0.25) is 4.74 Å². The highest BCUT2D eigenvalue weighted by Gasteiger charge is 2.28. The number of rotatable bonds is 7. The highest BCUT2D eigenvalue weighted by Crippen LogP contribution is 2.18. The number of alkyl halides is 3. The molecule has 0 aliphatic heterocycles. The van der Waals surface area contributed by atoms with E-state index in [9.17, 15) is 13.2 Å². The smallest absolute Gasteiger partial charge is 0.369 e. The average Bonchev–Trinajstić information content (AvgIpc) is 2.32. The summed E-state index contributed by atoms with van der Waals surface area (Å²) in [6.45, 7) is 2.85. The molecular weight excluding hydrogens is 257 g/mol. The molecular formula is C13H19F3N2O. The van der Waals surface area contributed by atoms with Crippen molar-refractivity contribution in [3.63, 3.8) is 0 Å². The Morgan fingerprint density at radius 1 is 1.26 bits per heavy atom. The minimum absolute atomic E-state index is 0.183. The van der Waals surface area contributed by atoms with Crippen LogP contribution in [0.25, 0.3) is 0 Å². The molecule has 1 aromatic carbocycles. The monoisotopic (exact) mass is 276 g/mol. The van der Waals surface area contributed by atoms with Crippen molar-refractivity contribution in [3.8, 4) is 0 Å². The third-order valence-corrected chi connectivity index (χ3v) is 2.63. The number of hydrogen-bond acceptors (Lipinski definition) is 3. The van der Waals surface area contributed by atoms with Crippen molar-refractivity contribution in [1.82, 2.24) is 0 Å². The molecule has 0 heterocycles. The minimum Gasteiger partial charge on any atom is -0.369 e. The maximum absolute atomic E-state index is 12.0. The number of anilines is 1. The molecule has 108 valence electrons. The Morgan fingerprint density at radius 2 is 2.00 bits per heavy atom. The van der Waals surface area contributed by atoms with Gasteiger partial charge in [-0.15, -0.1) is 13.2 Å². The van der Waals surface area contributed by atoms with Gasteiger partial charge >= 0.3 is 6.36 Å². The molecule has 1 aromatic rings. The van der Waals surface area contributed by atoms with Gasteiger partial charge < -0.3 is 10.6 Å². The van der Waals surface area contributed by atoms with Crippen molar-refractivity contribution < 1.29 is 17.9 Å². The first-order valence-corrected chi connectivity index (χ1v) is 6.15. The lowest BCUT2D eigenvalue weighted by Gasteiger charge is -2.25. The van der Waals surface area contributed by atoms with Crippen LogP contribution >= 0.6 is 0 Å². The minimum atomic E-state index is -4.58. The molecule has 0 fully saturated rings. The molecule has 0 aliphatic rings. The summed E-state index contributed by atoms with van der Waals surface area (Å²) in [4.78, 5) is 1.85. The van der Waals surface area contributed by atoms with Gasteiger partial charge in [0.1, 0.15) is 0 Å². The lowest BCUT2D eigenvalue weighted by Crippen LogP contribution is -2.31. The van der Waals surface area contributed by atoms with E-state index in [2.05, 4.69) is 4.74 Å². The fraction of sp³-hybridized carbons (Fsp3) is 0.538. The molecule has 6 heteroatoms. The topological polar surface area (TPSA) is 38.5 Å². The lowest BCUT2D eigenvalue weighted by molar-refractivity contribution is -0.323. The second-order valence-corrected chi connectivity index (χ2v) is 4.26. The van der Waals surface area contributed by atoms with Crippen LogP contribution in [0.2, 0.25) is 0 Å². The molecule has 0 atom stereocenters. The molecule has 0 amide bonds. The van der Waals surface area contributed by atoms with E-state index in [0.717, 1.165) is 17.7 Å². The van der Waals surface area contributed by atoms with E-state index >= 15 is 0 Å². The molecule has 0 saturated carbocycles. The van der Waals surface area contributed by atoms with Gasteiger partial charge in [0, 0.05) is 18.8 Å². The van der Waals surface area contributed by atoms with Crippen LogP contribution in [0, 0.1) is 6.92 Å². The third-order valence-electron chi connectivity index (χ3n) is 2.63. The summed E-state index contributed by atoms with van der Waals surface area (Å²) in [6.07, 6.45) is -3.86. The molecule has 2 N–H and O–H groups in total. The van der Waals surface area contributed by atoms with Gasteiger partial charge in [0.2, 0.25) is 0 Å². The van der Waals surface area contributed by atoms with Crippen LogP contribution in [0.5, 0.6) is 0 Å². The molecule has 0 saturated heterocycles. The highest BCUT2D eigenvalue weighted by atomic mass is 19.4. The van der Waals surface area contributed by atoms with Gasteiger partial charge in [0.25, 0.3) is 0 Å². The molecule has 0 spiro atoms. The Balaban J connectivity index is 2.61. The predicted octanol–water partition coefficient (Wildman–Crippen LogP) is 2.69. The molecule has 0 radical (unpaired) electrons. The summed E-state index contributed by atoms with van der Waals surface area (Å²) >= 11 is 0. The fourth-order valence-electron chi connectivity index (χ4n) is 1.75. The van der Waals surface area contributed by atoms with Crippen molar-refractivity contribution in [2.24, 2.45) is 5.73 Å². The first-order chi connectivity index (χ1) is 8.92. The first-order valence-electron chi connectivity index (χ1n) is 6.15. The van der Waals surface area contributed by atoms with Crippen LogP contribution in [0.3, 0.4) is 0 Å². The van der Waals surface area contributed by atoms with Crippen molar-refractivity contribution >= 4 is 5.69 Å². The standard InChI is InChI=1S/C13H19F3N2O/c1-11-4-2-5-12(10-11)18(7-3-6-17)8-9-19-13(14,15)16/h2,4-5,10H,3,6-9,17H2,1H3. The normalized spacial score (nSPS) is 11.6. The van der Waals surface area contributed by atoms with E-state index in [1.165, 1.54) is 0 Å². The Morgan fingerprint density at radius 3 is 2.58 bits per heavy atom. The van der Waals surface area contributed by atoms with E-state index in [4.69, 9.17) is 5.73 Å². The second kappa shape index (κ2) is 7.35. The van der Waals surface area contributed by atoms with E-state index in [-0.39, 0.29) is 13.2 Å². The second-order valence-electron chi connectivity index (χ2n) is 4.26. The SMILES string of the molecule is Cc1cccc(N(CCCN)CCOC(F)(F)F)c1. The summed E-state index contributed by atoms with van der Waals surface area (Å²) < 4.78 is 39.7. The number of halogens is 3. The van der Waals surface area contributed by atoms with Gasteiger partial charge in [-0.05, 0) is 37.6 Å². The molecule has 0 unspecified atom stereocenters. The Bertz CT molecular complexity index is 382. The largest absolute Gasteiger partial charge is 0.522 e. The summed E-state index contributed by atoms with van der Waals surface area (Å²) in [5.74, 6) is 0. The van der Waals surface area contributed by atoms with Crippen molar-refractivity contribution in [2.75, 3.05) is 31.1 Å². The van der Waals surface area contributed by atoms with Crippen LogP contribution in [0.1, 0.15) is 12.0 Å². The third kappa shape index (κ3) is 6.45.